The van der Waals surface area contributed by atoms with E-state index in [1.54, 1.807) is 31.4 Å². The third kappa shape index (κ3) is 5.53. The van der Waals surface area contributed by atoms with Crippen molar-refractivity contribution in [2.45, 2.75) is 45.8 Å². The summed E-state index contributed by atoms with van der Waals surface area (Å²) in [6.45, 7) is 8.62. The molecule has 4 aromatic rings. The second kappa shape index (κ2) is 11.6. The molecule has 42 heavy (non-hydrogen) atoms. The highest BCUT2D eigenvalue weighted by atomic mass is 16.5. The fourth-order valence-corrected chi connectivity index (χ4v) is 5.26. The number of aliphatic hydroxyl groups excluding tert-OH is 1. The van der Waals surface area contributed by atoms with Crippen molar-refractivity contribution in [3.05, 3.63) is 130 Å². The summed E-state index contributed by atoms with van der Waals surface area (Å²) in [6.07, 6.45) is 0. The van der Waals surface area contributed by atoms with Gasteiger partial charge in [-0.2, -0.15) is 0 Å². The van der Waals surface area contributed by atoms with Crippen molar-refractivity contribution in [1.82, 2.24) is 0 Å². The lowest BCUT2D eigenvalue weighted by Crippen LogP contribution is -2.29. The topological polar surface area (TPSA) is 76.1 Å². The predicted octanol–water partition coefficient (Wildman–Crippen LogP) is 7.51. The minimum absolute atomic E-state index is 0.00162. The number of carbonyl (C=O) groups excluding carboxylic acids is 2. The summed E-state index contributed by atoms with van der Waals surface area (Å²) in [5.41, 5.74) is 4.42. The molecule has 1 atom stereocenters. The number of aryl methyl sites for hydroxylation is 1. The van der Waals surface area contributed by atoms with Crippen LogP contribution in [0.25, 0.3) is 5.76 Å². The highest BCUT2D eigenvalue weighted by Gasteiger charge is 2.48. The zero-order valence-electron chi connectivity index (χ0n) is 24.5. The van der Waals surface area contributed by atoms with Crippen LogP contribution in [0, 0.1) is 6.92 Å². The number of carbonyl (C=O) groups is 2. The Kier molecular flexibility index (Phi) is 7.90. The number of nitrogens with zero attached hydrogens (tertiary/aromatic N) is 1. The Hall–Kier alpha value is -4.84. The monoisotopic (exact) mass is 561 g/mol. The Morgan fingerprint density at radius 2 is 1.52 bits per heavy atom. The maximum absolute atomic E-state index is 13.7. The molecule has 4 aromatic carbocycles. The van der Waals surface area contributed by atoms with E-state index in [1.165, 1.54) is 4.90 Å². The highest BCUT2D eigenvalue weighted by molar-refractivity contribution is 6.51. The largest absolute Gasteiger partial charge is 0.507 e. The van der Waals surface area contributed by atoms with Crippen molar-refractivity contribution < 1.29 is 24.2 Å². The molecule has 0 bridgehead atoms. The van der Waals surface area contributed by atoms with Gasteiger partial charge in [0.15, 0.2) is 0 Å². The van der Waals surface area contributed by atoms with Gasteiger partial charge in [0.25, 0.3) is 11.7 Å². The molecule has 0 aromatic heterocycles. The number of benzene rings is 4. The zero-order chi connectivity index (χ0) is 30.0. The van der Waals surface area contributed by atoms with Gasteiger partial charge in [-0.1, -0.05) is 81.4 Å². The molecular formula is C36H35NO5. The minimum atomic E-state index is -0.893. The molecule has 0 saturated carbocycles. The Labute approximate surface area is 246 Å². The Bertz CT molecular complexity index is 1650. The van der Waals surface area contributed by atoms with E-state index in [2.05, 4.69) is 20.8 Å². The van der Waals surface area contributed by atoms with Crippen molar-refractivity contribution in [2.24, 2.45) is 0 Å². The summed E-state index contributed by atoms with van der Waals surface area (Å²) >= 11 is 0. The van der Waals surface area contributed by atoms with Gasteiger partial charge in [0.2, 0.25) is 0 Å². The molecule has 1 N–H and O–H groups in total. The molecule has 0 radical (unpaired) electrons. The van der Waals surface area contributed by atoms with E-state index in [1.807, 2.05) is 79.7 Å². The lowest BCUT2D eigenvalue weighted by atomic mass is 9.87. The van der Waals surface area contributed by atoms with E-state index in [4.69, 9.17) is 9.47 Å². The van der Waals surface area contributed by atoms with Crippen LogP contribution < -0.4 is 14.4 Å². The van der Waals surface area contributed by atoms with Gasteiger partial charge in [0.1, 0.15) is 23.9 Å². The van der Waals surface area contributed by atoms with Gasteiger partial charge in [0, 0.05) is 16.8 Å². The van der Waals surface area contributed by atoms with Gasteiger partial charge in [0.05, 0.1) is 18.7 Å². The first-order valence-electron chi connectivity index (χ1n) is 13.9. The second-order valence-electron chi connectivity index (χ2n) is 11.5. The number of hydrogen-bond donors (Lipinski definition) is 1. The van der Waals surface area contributed by atoms with Gasteiger partial charge in [-0.05, 0) is 65.4 Å². The maximum atomic E-state index is 13.7. The number of rotatable bonds is 7. The molecule has 1 aliphatic heterocycles. The van der Waals surface area contributed by atoms with E-state index in [0.717, 1.165) is 16.7 Å². The van der Waals surface area contributed by atoms with Gasteiger partial charge in [-0.15, -0.1) is 0 Å². The first-order chi connectivity index (χ1) is 20.1. The van der Waals surface area contributed by atoms with Crippen LogP contribution in [0.15, 0.2) is 103 Å². The summed E-state index contributed by atoms with van der Waals surface area (Å²) in [7, 11) is 1.54. The lowest BCUT2D eigenvalue weighted by molar-refractivity contribution is -0.132. The Morgan fingerprint density at radius 1 is 0.857 bits per heavy atom. The van der Waals surface area contributed by atoms with Crippen LogP contribution in [0.2, 0.25) is 0 Å². The van der Waals surface area contributed by atoms with E-state index in [0.29, 0.717) is 34.9 Å². The van der Waals surface area contributed by atoms with Crippen LogP contribution in [0.4, 0.5) is 5.69 Å². The molecule has 1 fully saturated rings. The minimum Gasteiger partial charge on any atom is -0.507 e. The number of Topliss-reactive ketones (excluding diaryl/α,β-unsaturated/α-hetero) is 1. The Balaban J connectivity index is 1.58. The predicted molar refractivity (Wildman–Crippen MR) is 165 cm³/mol. The fraction of sp³-hybridized carbons (Fsp3) is 0.222. The second-order valence-corrected chi connectivity index (χ2v) is 11.5. The Morgan fingerprint density at radius 3 is 2.17 bits per heavy atom. The molecule has 0 aliphatic carbocycles. The summed E-state index contributed by atoms with van der Waals surface area (Å²) in [5, 5.41) is 11.6. The highest BCUT2D eigenvalue weighted by Crippen LogP contribution is 2.45. The smallest absolute Gasteiger partial charge is 0.300 e. The molecule has 5 rings (SSSR count). The first kappa shape index (κ1) is 28.7. The summed E-state index contributed by atoms with van der Waals surface area (Å²) in [4.78, 5) is 28.7. The quantitative estimate of drug-likeness (QED) is 0.144. The molecule has 1 heterocycles. The van der Waals surface area contributed by atoms with Crippen molar-refractivity contribution in [2.75, 3.05) is 12.0 Å². The van der Waals surface area contributed by atoms with E-state index in [9.17, 15) is 14.7 Å². The van der Waals surface area contributed by atoms with Gasteiger partial charge < -0.3 is 14.6 Å². The van der Waals surface area contributed by atoms with Crippen LogP contribution in [-0.2, 0) is 21.6 Å². The van der Waals surface area contributed by atoms with E-state index in [-0.39, 0.29) is 16.7 Å². The lowest BCUT2D eigenvalue weighted by Gasteiger charge is -2.27. The van der Waals surface area contributed by atoms with Gasteiger partial charge >= 0.3 is 0 Å². The average molecular weight is 562 g/mol. The normalized spacial score (nSPS) is 16.5. The number of anilines is 1. The molecule has 214 valence electrons. The third-order valence-corrected chi connectivity index (χ3v) is 7.57. The molecule has 1 aliphatic rings. The van der Waals surface area contributed by atoms with Gasteiger partial charge in [-0.3, -0.25) is 14.5 Å². The first-order valence-corrected chi connectivity index (χ1v) is 13.9. The number of ketones is 1. The number of aliphatic hydroxyl groups is 1. The van der Waals surface area contributed by atoms with Crippen molar-refractivity contribution in [3.8, 4) is 11.5 Å². The summed E-state index contributed by atoms with van der Waals surface area (Å²) in [6, 6.07) is 29.0. The van der Waals surface area contributed by atoms with Crippen LogP contribution in [0.1, 0.15) is 54.6 Å². The van der Waals surface area contributed by atoms with Crippen LogP contribution in [0.5, 0.6) is 11.5 Å². The van der Waals surface area contributed by atoms with Gasteiger partial charge in [-0.25, -0.2) is 0 Å². The molecule has 1 saturated heterocycles. The number of para-hydroxylation sites is 1. The number of hydrogen-bond acceptors (Lipinski definition) is 5. The molecule has 0 spiro atoms. The van der Waals surface area contributed by atoms with Crippen molar-refractivity contribution >= 4 is 23.1 Å². The van der Waals surface area contributed by atoms with Crippen LogP contribution >= 0.6 is 0 Å². The standard InChI is InChI=1S/C36H35NO5/c1-23-21-25(15-20-29(23)42-22-24-11-7-6-8-12-24)33(38)31-32(28-13-9-10-14-30(28)41-5)37(35(40)34(31)39)27-18-16-26(17-19-27)36(2,3)4/h6-21,32,38H,22H2,1-5H3/b33-31+. The third-order valence-electron chi connectivity index (χ3n) is 7.57. The average Bonchev–Trinajstić information content (AvgIpc) is 3.25. The van der Waals surface area contributed by atoms with E-state index < -0.39 is 17.7 Å². The summed E-state index contributed by atoms with van der Waals surface area (Å²) < 4.78 is 11.6. The zero-order valence-corrected chi connectivity index (χ0v) is 24.5. The fourth-order valence-electron chi connectivity index (χ4n) is 5.26. The molecule has 1 unspecified atom stereocenters. The van der Waals surface area contributed by atoms with E-state index >= 15 is 0 Å². The maximum Gasteiger partial charge on any atom is 0.300 e. The SMILES string of the molecule is COc1ccccc1C1/C(=C(\O)c2ccc(OCc3ccccc3)c(C)c2)C(=O)C(=O)N1c1ccc(C(C)(C)C)cc1. The van der Waals surface area contributed by atoms with Crippen LogP contribution in [-0.4, -0.2) is 23.9 Å². The number of methoxy groups -OCH3 is 1. The van der Waals surface area contributed by atoms with Crippen molar-refractivity contribution in [3.63, 3.8) is 0 Å². The number of ether oxygens (including phenoxy) is 2. The molecule has 1 amide bonds. The molecule has 6 heteroatoms. The van der Waals surface area contributed by atoms with Crippen molar-refractivity contribution in [1.29, 1.82) is 0 Å². The molecular weight excluding hydrogens is 526 g/mol. The number of amides is 1. The molecule has 6 nitrogen and oxygen atoms in total. The van der Waals surface area contributed by atoms with Crippen LogP contribution in [0.3, 0.4) is 0 Å². The summed E-state index contributed by atoms with van der Waals surface area (Å²) in [5.74, 6) is -0.555.